The van der Waals surface area contributed by atoms with Crippen LogP contribution in [-0.4, -0.2) is 8.32 Å². The van der Waals surface area contributed by atoms with Gasteiger partial charge in [0.2, 0.25) is 0 Å². The number of hydrogen-bond donors (Lipinski definition) is 2. The first-order chi connectivity index (χ1) is 2.00. The SMILES string of the molecule is [O]=[51Cr](=[O])([OH])[OH]. The maximum atomic E-state index is 8.82. The van der Waals surface area contributed by atoms with Gasteiger partial charge in [-0.05, 0) is 0 Å². The Kier molecular flexibility index (Phi) is 1.04. The standard InChI is InChI=1S/Cr.2H2O.2O/h;2*1H2;;/q+2;;;;/p-2/i1-1;;;;. The molecule has 0 amide bonds. The molecule has 0 unspecified atom stereocenters. The monoisotopic (exact) mass is 117 g/mol. The minimum atomic E-state index is -5.25. The van der Waals surface area contributed by atoms with Crippen LogP contribution in [0.1, 0.15) is 0 Å². The number of rotatable bonds is 0. The van der Waals surface area contributed by atoms with Crippen molar-refractivity contribution in [3.05, 3.63) is 0 Å². The molecular weight excluding hydrogens is 115 g/mol. The van der Waals surface area contributed by atoms with E-state index < -0.39 is 13.6 Å². The Morgan fingerprint density at radius 2 is 1.20 bits per heavy atom. The fourth-order valence-electron chi connectivity index (χ4n) is 0. The second kappa shape index (κ2) is 1.03. The topological polar surface area (TPSA) is 74.6 Å². The van der Waals surface area contributed by atoms with E-state index in [0.717, 1.165) is 0 Å². The summed E-state index contributed by atoms with van der Waals surface area (Å²) in [7, 11) is 0. The van der Waals surface area contributed by atoms with Gasteiger partial charge < -0.3 is 0 Å². The average molecular weight is 117 g/mol. The zero-order valence-electron chi connectivity index (χ0n) is 2.12. The molecule has 0 bridgehead atoms. The Labute approximate surface area is 30.4 Å². The molecule has 0 spiro atoms. The van der Waals surface area contributed by atoms with Gasteiger partial charge in [-0.25, -0.2) is 0 Å². The molecule has 0 rings (SSSR count). The van der Waals surface area contributed by atoms with Crippen LogP contribution in [0.25, 0.3) is 0 Å². The van der Waals surface area contributed by atoms with Crippen molar-refractivity contribution in [2.24, 2.45) is 0 Å². The van der Waals surface area contributed by atoms with E-state index in [2.05, 4.69) is 0 Å². The Morgan fingerprint density at radius 3 is 1.20 bits per heavy atom. The van der Waals surface area contributed by atoms with Gasteiger partial charge in [-0.1, -0.05) is 0 Å². The van der Waals surface area contributed by atoms with E-state index >= 15 is 0 Å². The first-order valence-electron chi connectivity index (χ1n) is 0.698. The Morgan fingerprint density at radius 1 is 1.20 bits per heavy atom. The fraction of sp³-hybridized carbons (Fsp3) is 0. The first-order valence-corrected chi connectivity index (χ1v) is 2.88. The van der Waals surface area contributed by atoms with Crippen LogP contribution in [0.5, 0.6) is 0 Å². The molecule has 4 nitrogen and oxygen atoms in total. The van der Waals surface area contributed by atoms with Crippen LogP contribution in [0.3, 0.4) is 0 Å². The molecule has 0 fully saturated rings. The summed E-state index contributed by atoms with van der Waals surface area (Å²) in [5.41, 5.74) is 0. The minimum absolute atomic E-state index is 5.25. The van der Waals surface area contributed by atoms with Gasteiger partial charge >= 0.3 is 29.5 Å². The van der Waals surface area contributed by atoms with Crippen molar-refractivity contribution in [1.29, 1.82) is 0 Å². The van der Waals surface area contributed by atoms with Crippen molar-refractivity contribution in [2.75, 3.05) is 0 Å². The second-order valence-electron chi connectivity index (χ2n) is 0.448. The Hall–Kier alpha value is 0.0525. The molecule has 0 aliphatic heterocycles. The molecule has 0 aromatic carbocycles. The molecule has 0 radical (unpaired) electrons. The van der Waals surface area contributed by atoms with Crippen molar-refractivity contribution in [2.45, 2.75) is 0 Å². The van der Waals surface area contributed by atoms with Crippen LogP contribution in [-0.2, 0) is 21.2 Å². The molecule has 0 saturated carbocycles. The van der Waals surface area contributed by atoms with Crippen LogP contribution in [0, 0.1) is 0 Å². The van der Waals surface area contributed by atoms with Crippen LogP contribution in [0.15, 0.2) is 0 Å². The summed E-state index contributed by atoms with van der Waals surface area (Å²) in [6, 6.07) is 0. The quantitative estimate of drug-likeness (QED) is 0.411. The number of hydrogen-bond acceptors (Lipinski definition) is 2. The van der Waals surface area contributed by atoms with Gasteiger partial charge in [0.1, 0.15) is 0 Å². The third kappa shape index (κ3) is 6200. The van der Waals surface area contributed by atoms with Crippen LogP contribution < -0.4 is 0 Å². The molecule has 2 N–H and O–H groups in total. The molecule has 0 aromatic heterocycles. The third-order valence-corrected chi connectivity index (χ3v) is 0. The normalized spacial score (nSPS) is 11.6. The average Bonchev–Trinajstić information content (AvgIpc) is 0.722. The van der Waals surface area contributed by atoms with Gasteiger partial charge in [0.05, 0.1) is 0 Å². The van der Waals surface area contributed by atoms with Gasteiger partial charge in [0.15, 0.2) is 0 Å². The summed E-state index contributed by atoms with van der Waals surface area (Å²) >= 11 is -5.25. The molecule has 0 aliphatic rings. The molecule has 5 heteroatoms. The van der Waals surface area contributed by atoms with Crippen LogP contribution in [0.4, 0.5) is 0 Å². The Balaban J connectivity index is 4.06. The van der Waals surface area contributed by atoms with Gasteiger partial charge in [0, 0.05) is 0 Å². The predicted molar refractivity (Wildman–Crippen MR) is 5.81 cm³/mol. The van der Waals surface area contributed by atoms with Crippen LogP contribution in [0.2, 0.25) is 0 Å². The molecule has 0 atom stereocenters. The van der Waals surface area contributed by atoms with E-state index in [1.165, 1.54) is 0 Å². The van der Waals surface area contributed by atoms with Crippen molar-refractivity contribution in [3.63, 3.8) is 0 Å². The van der Waals surface area contributed by atoms with Crippen molar-refractivity contribution < 1.29 is 29.5 Å². The van der Waals surface area contributed by atoms with Gasteiger partial charge in [-0.3, -0.25) is 0 Å². The third-order valence-electron chi connectivity index (χ3n) is 0. The fourth-order valence-corrected chi connectivity index (χ4v) is 0. The second-order valence-corrected chi connectivity index (χ2v) is 1.85. The van der Waals surface area contributed by atoms with Crippen molar-refractivity contribution >= 4 is 0 Å². The van der Waals surface area contributed by atoms with Crippen molar-refractivity contribution in [1.82, 2.24) is 0 Å². The molecule has 0 saturated heterocycles. The molecule has 32 valence electrons. The van der Waals surface area contributed by atoms with E-state index in [9.17, 15) is 0 Å². The molecular formula is H2CrO4. The molecule has 0 aliphatic carbocycles. The zero-order chi connectivity index (χ0) is 4.50. The summed E-state index contributed by atoms with van der Waals surface area (Å²) in [4.78, 5) is 0. The summed E-state index contributed by atoms with van der Waals surface area (Å²) in [6.07, 6.45) is 0. The van der Waals surface area contributed by atoms with E-state index in [-0.39, 0.29) is 0 Å². The van der Waals surface area contributed by atoms with Gasteiger partial charge in [0.25, 0.3) is 0 Å². The van der Waals surface area contributed by atoms with Crippen LogP contribution >= 0.6 is 0 Å². The van der Waals surface area contributed by atoms with E-state index in [4.69, 9.17) is 15.9 Å². The summed E-state index contributed by atoms with van der Waals surface area (Å²) in [5.74, 6) is 0. The van der Waals surface area contributed by atoms with E-state index in [1.54, 1.807) is 0 Å². The van der Waals surface area contributed by atoms with E-state index in [1.807, 2.05) is 0 Å². The zero-order valence-corrected chi connectivity index (χ0v) is 3.39. The summed E-state index contributed by atoms with van der Waals surface area (Å²) in [5, 5.41) is 0. The predicted octanol–water partition coefficient (Wildman–Crippen LogP) is -1.35. The molecule has 0 heterocycles. The van der Waals surface area contributed by atoms with Crippen molar-refractivity contribution in [3.8, 4) is 0 Å². The Bertz CT molecular complexity index is 86.8. The van der Waals surface area contributed by atoms with E-state index in [0.29, 0.717) is 0 Å². The summed E-state index contributed by atoms with van der Waals surface area (Å²) < 4.78 is 31.9. The molecule has 5 heavy (non-hydrogen) atoms. The maximum absolute atomic E-state index is 8.82. The summed E-state index contributed by atoms with van der Waals surface area (Å²) in [6.45, 7) is 0. The first kappa shape index (κ1) is 5.05. The van der Waals surface area contributed by atoms with Gasteiger partial charge in [-0.15, -0.1) is 0 Å². The van der Waals surface area contributed by atoms with Gasteiger partial charge in [-0.2, -0.15) is 0 Å². The molecule has 0 aromatic rings.